The summed E-state index contributed by atoms with van der Waals surface area (Å²) in [7, 11) is 0. The average molecular weight is 278 g/mol. The summed E-state index contributed by atoms with van der Waals surface area (Å²) >= 11 is 0. The molecule has 0 saturated heterocycles. The molecule has 1 radical (unpaired) electrons. The van der Waals surface area contributed by atoms with Crippen LogP contribution >= 0.6 is 0 Å². The molecular weight excluding hydrogens is 262 g/mol. The molecule has 1 heterocycles. The summed E-state index contributed by atoms with van der Waals surface area (Å²) in [5.74, 6) is -2.63. The molecule has 1 aliphatic rings. The van der Waals surface area contributed by atoms with Crippen molar-refractivity contribution in [1.29, 1.82) is 0 Å². The van der Waals surface area contributed by atoms with Gasteiger partial charge >= 0.3 is 11.9 Å². The van der Waals surface area contributed by atoms with Gasteiger partial charge in [-0.1, -0.05) is 0 Å². The first kappa shape index (κ1) is 14.5. The van der Waals surface area contributed by atoms with Crippen LogP contribution in [0.1, 0.15) is 59.5 Å². The molecule has 0 atom stereocenters. The summed E-state index contributed by atoms with van der Waals surface area (Å²) in [6.45, 7) is 6.78. The van der Waals surface area contributed by atoms with Gasteiger partial charge in [0.2, 0.25) is 0 Å². The van der Waals surface area contributed by atoms with E-state index in [0.717, 1.165) is 5.06 Å². The van der Waals surface area contributed by atoms with E-state index in [1.807, 2.05) is 0 Å². The highest BCUT2D eigenvalue weighted by Crippen LogP contribution is 2.49. The number of aromatic carboxylic acids is 2. The van der Waals surface area contributed by atoms with Gasteiger partial charge in [-0.05, 0) is 51.0 Å². The fourth-order valence-corrected chi connectivity index (χ4v) is 2.88. The topological polar surface area (TPSA) is 97.7 Å². The SMILES string of the molecule is CC1(C)c2cc(C(=O)O)c(C(=O)O)cc2C(C)(C)N1[O]. The lowest BCUT2D eigenvalue weighted by molar-refractivity contribution is -0.266. The Hall–Kier alpha value is -1.92. The maximum atomic E-state index is 12.4. The van der Waals surface area contributed by atoms with Crippen molar-refractivity contribution in [3.05, 3.63) is 34.4 Å². The molecule has 6 heteroatoms. The van der Waals surface area contributed by atoms with Crippen LogP contribution in [-0.2, 0) is 16.3 Å². The molecule has 0 aromatic heterocycles. The van der Waals surface area contributed by atoms with Crippen molar-refractivity contribution >= 4 is 11.9 Å². The highest BCUT2D eigenvalue weighted by Gasteiger charge is 2.50. The number of fused-ring (bicyclic) bond motifs is 1. The molecule has 0 amide bonds. The van der Waals surface area contributed by atoms with E-state index < -0.39 is 23.0 Å². The lowest BCUT2D eigenvalue weighted by atomic mass is 9.87. The summed E-state index contributed by atoms with van der Waals surface area (Å²) in [6.07, 6.45) is 0. The molecule has 0 fully saturated rings. The predicted octanol–water partition coefficient (Wildman–Crippen LogP) is 2.21. The molecule has 107 valence electrons. The summed E-state index contributed by atoms with van der Waals surface area (Å²) in [4.78, 5) is 22.4. The van der Waals surface area contributed by atoms with Crippen LogP contribution in [0.15, 0.2) is 12.1 Å². The van der Waals surface area contributed by atoms with Crippen molar-refractivity contribution in [2.75, 3.05) is 0 Å². The van der Waals surface area contributed by atoms with Crippen LogP contribution in [0, 0.1) is 0 Å². The van der Waals surface area contributed by atoms with E-state index >= 15 is 0 Å². The second-order valence-corrected chi connectivity index (χ2v) is 5.97. The molecule has 0 aliphatic carbocycles. The van der Waals surface area contributed by atoms with E-state index in [4.69, 9.17) is 10.2 Å². The van der Waals surface area contributed by atoms with Gasteiger partial charge in [0.1, 0.15) is 0 Å². The Morgan fingerprint density at radius 1 is 0.900 bits per heavy atom. The Bertz CT molecular complexity index is 565. The Balaban J connectivity index is 2.83. The predicted molar refractivity (Wildman–Crippen MR) is 68.9 cm³/mol. The number of nitrogens with zero attached hydrogens (tertiary/aromatic N) is 1. The van der Waals surface area contributed by atoms with Gasteiger partial charge in [-0.3, -0.25) is 0 Å². The van der Waals surface area contributed by atoms with E-state index in [9.17, 15) is 14.8 Å². The molecule has 2 rings (SSSR count). The summed E-state index contributed by atoms with van der Waals surface area (Å²) in [6, 6.07) is 2.61. The van der Waals surface area contributed by atoms with Gasteiger partial charge in [0, 0.05) is 0 Å². The van der Waals surface area contributed by atoms with Crippen molar-refractivity contribution in [3.8, 4) is 0 Å². The van der Waals surface area contributed by atoms with E-state index in [1.54, 1.807) is 27.7 Å². The van der Waals surface area contributed by atoms with Gasteiger partial charge in [-0.2, -0.15) is 0 Å². The van der Waals surface area contributed by atoms with E-state index in [0.29, 0.717) is 11.1 Å². The minimum absolute atomic E-state index is 0.296. The lowest BCUT2D eigenvalue weighted by Gasteiger charge is -2.32. The Labute approximate surface area is 116 Å². The van der Waals surface area contributed by atoms with Gasteiger partial charge in [0.25, 0.3) is 0 Å². The Morgan fingerprint density at radius 3 is 1.45 bits per heavy atom. The van der Waals surface area contributed by atoms with Crippen LogP contribution in [-0.4, -0.2) is 27.2 Å². The lowest BCUT2D eigenvalue weighted by Crippen LogP contribution is -2.41. The van der Waals surface area contributed by atoms with Crippen molar-refractivity contribution in [2.45, 2.75) is 38.8 Å². The number of carboxylic acid groups (broad SMARTS) is 2. The number of carbonyl (C=O) groups is 2. The van der Waals surface area contributed by atoms with Crippen LogP contribution < -0.4 is 0 Å². The smallest absolute Gasteiger partial charge is 0.336 e. The van der Waals surface area contributed by atoms with Crippen molar-refractivity contribution < 1.29 is 25.0 Å². The van der Waals surface area contributed by atoms with Gasteiger partial charge in [0.05, 0.1) is 22.2 Å². The van der Waals surface area contributed by atoms with E-state index in [2.05, 4.69) is 0 Å². The third-order valence-corrected chi connectivity index (χ3v) is 3.95. The number of hydrogen-bond donors (Lipinski definition) is 2. The first-order valence-corrected chi connectivity index (χ1v) is 6.14. The number of hydroxylamine groups is 2. The molecule has 2 N–H and O–H groups in total. The van der Waals surface area contributed by atoms with Crippen molar-refractivity contribution in [3.63, 3.8) is 0 Å². The molecule has 0 unspecified atom stereocenters. The fourth-order valence-electron chi connectivity index (χ4n) is 2.88. The first-order valence-electron chi connectivity index (χ1n) is 6.14. The molecular formula is C14H16NO5. The van der Waals surface area contributed by atoms with Gasteiger partial charge in [-0.25, -0.2) is 9.59 Å². The molecule has 1 aliphatic heterocycles. The zero-order chi connectivity index (χ0) is 15.5. The third kappa shape index (κ3) is 1.72. The van der Waals surface area contributed by atoms with Gasteiger partial charge in [-0.15, -0.1) is 10.3 Å². The molecule has 0 spiro atoms. The molecule has 1 aromatic carbocycles. The molecule has 20 heavy (non-hydrogen) atoms. The van der Waals surface area contributed by atoms with E-state index in [-0.39, 0.29) is 11.1 Å². The zero-order valence-corrected chi connectivity index (χ0v) is 11.7. The Kier molecular flexibility index (Phi) is 2.92. The molecule has 1 aromatic rings. The Morgan fingerprint density at radius 2 is 1.20 bits per heavy atom. The molecule has 0 saturated carbocycles. The number of benzene rings is 1. The van der Waals surface area contributed by atoms with Gasteiger partial charge in [0.15, 0.2) is 0 Å². The maximum Gasteiger partial charge on any atom is 0.336 e. The minimum Gasteiger partial charge on any atom is -0.478 e. The second-order valence-electron chi connectivity index (χ2n) is 5.97. The highest BCUT2D eigenvalue weighted by molar-refractivity contribution is 6.02. The average Bonchev–Trinajstić information content (AvgIpc) is 2.47. The third-order valence-electron chi connectivity index (χ3n) is 3.95. The van der Waals surface area contributed by atoms with Crippen LogP contribution in [0.25, 0.3) is 0 Å². The van der Waals surface area contributed by atoms with E-state index in [1.165, 1.54) is 12.1 Å². The maximum absolute atomic E-state index is 12.4. The van der Waals surface area contributed by atoms with Crippen LogP contribution in [0.5, 0.6) is 0 Å². The van der Waals surface area contributed by atoms with Crippen molar-refractivity contribution in [2.24, 2.45) is 0 Å². The zero-order valence-electron chi connectivity index (χ0n) is 11.7. The van der Waals surface area contributed by atoms with Crippen LogP contribution in [0.3, 0.4) is 0 Å². The summed E-state index contributed by atoms with van der Waals surface area (Å²) in [5.41, 5.74) is -1.29. The molecule has 0 bridgehead atoms. The van der Waals surface area contributed by atoms with Crippen LogP contribution in [0.4, 0.5) is 0 Å². The molecule has 6 nitrogen and oxygen atoms in total. The monoisotopic (exact) mass is 278 g/mol. The van der Waals surface area contributed by atoms with Crippen molar-refractivity contribution in [1.82, 2.24) is 5.06 Å². The summed E-state index contributed by atoms with van der Waals surface area (Å²) < 4.78 is 0. The minimum atomic E-state index is -1.32. The fraction of sp³-hybridized carbons (Fsp3) is 0.429. The standard InChI is InChI=1S/C14H16NO5/c1-13(2)9-5-7(11(16)17)8(12(18)19)6-10(9)14(3,4)15(13)20/h5-6H,1-4H3,(H,16,17)(H,18,19). The second kappa shape index (κ2) is 4.04. The number of hydrogen-bond acceptors (Lipinski definition) is 3. The number of carboxylic acids is 2. The quantitative estimate of drug-likeness (QED) is 0.864. The van der Waals surface area contributed by atoms with Gasteiger partial charge < -0.3 is 10.2 Å². The number of rotatable bonds is 2. The first-order chi connectivity index (χ1) is 9.01. The normalized spacial score (nSPS) is 19.6. The largest absolute Gasteiger partial charge is 0.478 e. The highest BCUT2D eigenvalue weighted by atomic mass is 16.5. The summed E-state index contributed by atoms with van der Waals surface area (Å²) in [5, 5.41) is 31.6. The van der Waals surface area contributed by atoms with Crippen LogP contribution in [0.2, 0.25) is 0 Å².